The molecule has 1 saturated heterocycles. The summed E-state index contributed by atoms with van der Waals surface area (Å²) in [5.74, 6) is 1.10. The van der Waals surface area contributed by atoms with Crippen LogP contribution in [0.4, 0.5) is 0 Å². The number of nitrogens with zero attached hydrogens (tertiary/aromatic N) is 2. The molecule has 8 heteroatoms. The van der Waals surface area contributed by atoms with Gasteiger partial charge in [0, 0.05) is 33.1 Å². The summed E-state index contributed by atoms with van der Waals surface area (Å²) >= 11 is 0. The van der Waals surface area contributed by atoms with Gasteiger partial charge in [-0.1, -0.05) is 0 Å². The van der Waals surface area contributed by atoms with Crippen LogP contribution in [0.5, 0.6) is 11.5 Å². The maximum absolute atomic E-state index is 12.8. The summed E-state index contributed by atoms with van der Waals surface area (Å²) in [6, 6.07) is 7.20. The molecule has 1 aromatic carbocycles. The van der Waals surface area contributed by atoms with Crippen molar-refractivity contribution in [1.29, 1.82) is 0 Å². The molecule has 3 rings (SSSR count). The Morgan fingerprint density at radius 2 is 1.57 bits per heavy atom. The Morgan fingerprint density at radius 3 is 2.11 bits per heavy atom. The average Bonchev–Trinajstić information content (AvgIpc) is 3.53. The van der Waals surface area contributed by atoms with E-state index in [1.54, 1.807) is 41.2 Å². The van der Waals surface area contributed by atoms with Crippen LogP contribution in [0.25, 0.3) is 0 Å². The van der Waals surface area contributed by atoms with Gasteiger partial charge < -0.3 is 24.6 Å². The number of nitrogens with one attached hydrogen (secondary N) is 1. The third kappa shape index (κ3) is 4.37. The highest BCUT2D eigenvalue weighted by Gasteiger charge is 2.58. The van der Waals surface area contributed by atoms with Gasteiger partial charge in [0.2, 0.25) is 17.7 Å². The fourth-order valence-electron chi connectivity index (χ4n) is 3.36. The van der Waals surface area contributed by atoms with Crippen LogP contribution in [0, 0.1) is 5.41 Å². The quantitative estimate of drug-likeness (QED) is 0.547. The van der Waals surface area contributed by atoms with E-state index in [-0.39, 0.29) is 17.7 Å². The molecule has 3 amide bonds. The lowest BCUT2D eigenvalue weighted by Gasteiger charge is -2.35. The van der Waals surface area contributed by atoms with E-state index in [0.717, 1.165) is 5.75 Å². The highest BCUT2D eigenvalue weighted by Crippen LogP contribution is 2.47. The Kier molecular flexibility index (Phi) is 6.06. The molecule has 1 N–H and O–H groups in total. The summed E-state index contributed by atoms with van der Waals surface area (Å²) in [6.45, 7) is 4.18. The maximum atomic E-state index is 12.8. The van der Waals surface area contributed by atoms with E-state index in [2.05, 4.69) is 5.32 Å². The van der Waals surface area contributed by atoms with Crippen LogP contribution in [0.3, 0.4) is 0 Å². The molecule has 8 nitrogen and oxygen atoms in total. The Balaban J connectivity index is 1.43. The minimum Gasteiger partial charge on any atom is -0.497 e. The van der Waals surface area contributed by atoms with Gasteiger partial charge in [-0.25, -0.2) is 0 Å². The van der Waals surface area contributed by atoms with Gasteiger partial charge in [0.15, 0.2) is 0 Å². The summed E-state index contributed by atoms with van der Waals surface area (Å²) < 4.78 is 10.7. The molecule has 1 aliphatic carbocycles. The van der Waals surface area contributed by atoms with E-state index in [1.165, 1.54) is 6.92 Å². The van der Waals surface area contributed by atoms with Crippen molar-refractivity contribution in [2.75, 3.05) is 46.4 Å². The summed E-state index contributed by atoms with van der Waals surface area (Å²) in [5, 5.41) is 2.82. The fraction of sp³-hybridized carbons (Fsp3) is 0.550. The summed E-state index contributed by atoms with van der Waals surface area (Å²) in [6.07, 6.45) is 1.15. The van der Waals surface area contributed by atoms with Gasteiger partial charge in [-0.15, -0.1) is 0 Å². The van der Waals surface area contributed by atoms with Crippen LogP contribution in [-0.2, 0) is 14.4 Å². The first-order valence-electron chi connectivity index (χ1n) is 9.56. The lowest BCUT2D eigenvalue weighted by Crippen LogP contribution is -2.54. The molecule has 2 fully saturated rings. The van der Waals surface area contributed by atoms with Crippen molar-refractivity contribution in [1.82, 2.24) is 15.1 Å². The summed E-state index contributed by atoms with van der Waals surface area (Å²) in [7, 11) is 1.60. The fourth-order valence-corrected chi connectivity index (χ4v) is 3.36. The molecule has 0 radical (unpaired) electrons. The van der Waals surface area contributed by atoms with Gasteiger partial charge in [-0.2, -0.15) is 0 Å². The molecule has 0 bridgehead atoms. The van der Waals surface area contributed by atoms with E-state index >= 15 is 0 Å². The zero-order valence-corrected chi connectivity index (χ0v) is 16.4. The van der Waals surface area contributed by atoms with Gasteiger partial charge >= 0.3 is 0 Å². The molecule has 0 atom stereocenters. The zero-order chi connectivity index (χ0) is 20.1. The number of piperazine rings is 1. The van der Waals surface area contributed by atoms with Crippen LogP contribution in [0.2, 0.25) is 0 Å². The van der Waals surface area contributed by atoms with E-state index in [0.29, 0.717) is 57.9 Å². The van der Waals surface area contributed by atoms with Crippen molar-refractivity contribution >= 4 is 17.7 Å². The molecule has 1 aliphatic heterocycles. The first kappa shape index (κ1) is 20.0. The van der Waals surface area contributed by atoms with Gasteiger partial charge in [0.05, 0.1) is 13.7 Å². The molecular weight excluding hydrogens is 362 g/mol. The first-order chi connectivity index (χ1) is 13.5. The summed E-state index contributed by atoms with van der Waals surface area (Å²) in [5.41, 5.74) is -0.932. The van der Waals surface area contributed by atoms with Gasteiger partial charge in [-0.3, -0.25) is 14.4 Å². The van der Waals surface area contributed by atoms with Crippen LogP contribution >= 0.6 is 0 Å². The van der Waals surface area contributed by atoms with Crippen LogP contribution in [0.15, 0.2) is 24.3 Å². The molecule has 1 saturated carbocycles. The normalized spacial score (nSPS) is 17.6. The van der Waals surface area contributed by atoms with Crippen molar-refractivity contribution in [2.24, 2.45) is 5.41 Å². The molecule has 28 heavy (non-hydrogen) atoms. The Morgan fingerprint density at radius 1 is 1.00 bits per heavy atom. The zero-order valence-electron chi connectivity index (χ0n) is 16.4. The topological polar surface area (TPSA) is 88.2 Å². The summed E-state index contributed by atoms with van der Waals surface area (Å²) in [4.78, 5) is 40.3. The molecule has 1 heterocycles. The minimum atomic E-state index is -0.932. The smallest absolute Gasteiger partial charge is 0.238 e. The maximum Gasteiger partial charge on any atom is 0.238 e. The van der Waals surface area contributed by atoms with Crippen LogP contribution in [0.1, 0.15) is 19.8 Å². The van der Waals surface area contributed by atoms with Gasteiger partial charge in [-0.05, 0) is 37.1 Å². The van der Waals surface area contributed by atoms with Crippen molar-refractivity contribution in [3.05, 3.63) is 24.3 Å². The molecule has 152 valence electrons. The van der Waals surface area contributed by atoms with E-state index in [1.807, 2.05) is 0 Å². The number of ether oxygens (including phenoxy) is 2. The van der Waals surface area contributed by atoms with E-state index < -0.39 is 5.41 Å². The first-order valence-corrected chi connectivity index (χ1v) is 9.56. The number of benzene rings is 1. The number of amides is 3. The lowest BCUT2D eigenvalue weighted by molar-refractivity contribution is -0.147. The van der Waals surface area contributed by atoms with Crippen molar-refractivity contribution in [3.63, 3.8) is 0 Å². The third-order valence-corrected chi connectivity index (χ3v) is 5.32. The molecule has 0 unspecified atom stereocenters. The second kappa shape index (κ2) is 8.50. The predicted molar refractivity (Wildman–Crippen MR) is 102 cm³/mol. The lowest BCUT2D eigenvalue weighted by atomic mass is 10.0. The SMILES string of the molecule is COc1ccc(OCCNC(=O)C2(C(=O)N3CCN(C(C)=O)CC3)CC2)cc1. The largest absolute Gasteiger partial charge is 0.497 e. The van der Waals surface area contributed by atoms with Gasteiger partial charge in [0.1, 0.15) is 23.5 Å². The van der Waals surface area contributed by atoms with Gasteiger partial charge in [0.25, 0.3) is 0 Å². The third-order valence-electron chi connectivity index (χ3n) is 5.32. The Bertz CT molecular complexity index is 722. The highest BCUT2D eigenvalue weighted by atomic mass is 16.5. The van der Waals surface area contributed by atoms with Crippen molar-refractivity contribution in [2.45, 2.75) is 19.8 Å². The molecular formula is C20H27N3O5. The second-order valence-corrected chi connectivity index (χ2v) is 7.16. The van der Waals surface area contributed by atoms with Crippen LogP contribution in [-0.4, -0.2) is 74.0 Å². The number of hydrogen-bond acceptors (Lipinski definition) is 5. The Hall–Kier alpha value is -2.77. The molecule has 2 aliphatic rings. The Labute approximate surface area is 164 Å². The minimum absolute atomic E-state index is 0.0165. The number of carbonyl (C=O) groups is 3. The average molecular weight is 389 g/mol. The standard InChI is InChI=1S/C20H27N3O5/c1-15(24)22-10-12-23(13-11-22)19(26)20(7-8-20)18(25)21-9-14-28-17-5-3-16(27-2)4-6-17/h3-6H,7-14H2,1-2H3,(H,21,25). The number of methoxy groups -OCH3 is 1. The predicted octanol–water partition coefficient (Wildman–Crippen LogP) is 0.661. The number of rotatable bonds is 7. The molecule has 0 spiro atoms. The van der Waals surface area contributed by atoms with E-state index in [9.17, 15) is 14.4 Å². The highest BCUT2D eigenvalue weighted by molar-refractivity contribution is 6.07. The second-order valence-electron chi connectivity index (χ2n) is 7.16. The molecule has 1 aromatic rings. The number of hydrogen-bond donors (Lipinski definition) is 1. The van der Waals surface area contributed by atoms with Crippen LogP contribution < -0.4 is 14.8 Å². The van der Waals surface area contributed by atoms with Crippen molar-refractivity contribution < 1.29 is 23.9 Å². The number of carbonyl (C=O) groups excluding carboxylic acids is 3. The molecule has 0 aromatic heterocycles. The van der Waals surface area contributed by atoms with Crippen molar-refractivity contribution in [3.8, 4) is 11.5 Å². The monoisotopic (exact) mass is 389 g/mol. The van der Waals surface area contributed by atoms with E-state index in [4.69, 9.17) is 9.47 Å².